The van der Waals surface area contributed by atoms with Crippen molar-refractivity contribution in [2.24, 2.45) is 0 Å². The summed E-state index contributed by atoms with van der Waals surface area (Å²) in [6.45, 7) is 6.38. The van der Waals surface area contributed by atoms with Gasteiger partial charge in [0.2, 0.25) is 0 Å². The van der Waals surface area contributed by atoms with Crippen LogP contribution < -0.4 is 0 Å². The minimum Gasteiger partial charge on any atom is -0.288 e. The fourth-order valence-electron chi connectivity index (χ4n) is 2.77. The number of aromatic nitrogens is 2. The van der Waals surface area contributed by atoms with Gasteiger partial charge in [0.15, 0.2) is 0 Å². The minimum absolute atomic E-state index is 0.471. The van der Waals surface area contributed by atoms with Gasteiger partial charge in [-0.05, 0) is 12.5 Å². The molecule has 0 aliphatic carbocycles. The molecule has 106 valence electrons. The van der Waals surface area contributed by atoms with Crippen molar-refractivity contribution in [2.45, 2.75) is 31.7 Å². The average molecular weight is 305 g/mol. The van der Waals surface area contributed by atoms with Gasteiger partial charge in [0.05, 0.1) is 6.54 Å². The molecular formula is C15H19N3S2. The summed E-state index contributed by atoms with van der Waals surface area (Å²) in [5, 5.41) is 11.2. The molecular weight excluding hydrogens is 286 g/mol. The largest absolute Gasteiger partial charge is 0.288 e. The van der Waals surface area contributed by atoms with Crippen LogP contribution >= 0.6 is 23.1 Å². The van der Waals surface area contributed by atoms with Crippen LogP contribution in [-0.2, 0) is 6.54 Å². The molecule has 1 fully saturated rings. The van der Waals surface area contributed by atoms with Crippen LogP contribution in [0.4, 0.5) is 0 Å². The standard InChI is InChI=1S/C15H19N3S2/c1-11-15(13-6-4-3-5-7-13)18(8-9-19-11)10-14-17-16-12(2)20-14/h3-7,11,15H,8-10H2,1-2H3/t11-,15-/m1/s1. The van der Waals surface area contributed by atoms with E-state index in [9.17, 15) is 0 Å². The second-order valence-corrected chi connectivity index (χ2v) is 7.87. The van der Waals surface area contributed by atoms with Gasteiger partial charge in [0.25, 0.3) is 0 Å². The summed E-state index contributed by atoms with van der Waals surface area (Å²) >= 11 is 3.78. The molecule has 2 aromatic rings. The molecule has 0 radical (unpaired) electrons. The van der Waals surface area contributed by atoms with Crippen LogP contribution in [0.3, 0.4) is 0 Å². The van der Waals surface area contributed by atoms with Gasteiger partial charge < -0.3 is 0 Å². The normalized spacial score (nSPS) is 23.9. The fraction of sp³-hybridized carbons (Fsp3) is 0.467. The zero-order valence-electron chi connectivity index (χ0n) is 11.8. The molecule has 3 nitrogen and oxygen atoms in total. The molecule has 0 amide bonds. The maximum Gasteiger partial charge on any atom is 0.131 e. The molecule has 0 saturated carbocycles. The van der Waals surface area contributed by atoms with Crippen molar-refractivity contribution in [2.75, 3.05) is 12.3 Å². The van der Waals surface area contributed by atoms with E-state index in [-0.39, 0.29) is 0 Å². The van der Waals surface area contributed by atoms with Gasteiger partial charge in [-0.25, -0.2) is 0 Å². The van der Waals surface area contributed by atoms with Crippen molar-refractivity contribution in [1.82, 2.24) is 15.1 Å². The van der Waals surface area contributed by atoms with Crippen LogP contribution in [-0.4, -0.2) is 32.6 Å². The molecule has 0 spiro atoms. The lowest BCUT2D eigenvalue weighted by Gasteiger charge is -2.39. The third-order valence-corrected chi connectivity index (χ3v) is 5.67. The topological polar surface area (TPSA) is 29.0 Å². The van der Waals surface area contributed by atoms with Crippen LogP contribution in [0.25, 0.3) is 0 Å². The van der Waals surface area contributed by atoms with Gasteiger partial charge in [0, 0.05) is 23.6 Å². The van der Waals surface area contributed by atoms with E-state index in [0.29, 0.717) is 11.3 Å². The lowest BCUT2D eigenvalue weighted by molar-refractivity contribution is 0.191. The molecule has 5 heteroatoms. The lowest BCUT2D eigenvalue weighted by Crippen LogP contribution is -2.39. The summed E-state index contributed by atoms with van der Waals surface area (Å²) in [6.07, 6.45) is 0. The summed E-state index contributed by atoms with van der Waals surface area (Å²) in [5.41, 5.74) is 1.41. The molecule has 0 unspecified atom stereocenters. The van der Waals surface area contributed by atoms with Gasteiger partial charge >= 0.3 is 0 Å². The van der Waals surface area contributed by atoms with Crippen molar-refractivity contribution in [1.29, 1.82) is 0 Å². The summed E-state index contributed by atoms with van der Waals surface area (Å²) in [4.78, 5) is 2.55. The Labute approximate surface area is 128 Å². The molecule has 2 heterocycles. The Kier molecular flexibility index (Phi) is 4.38. The van der Waals surface area contributed by atoms with E-state index in [2.05, 4.69) is 64.1 Å². The zero-order valence-corrected chi connectivity index (χ0v) is 13.5. The summed E-state index contributed by atoms with van der Waals surface area (Å²) < 4.78 is 0. The Morgan fingerprint density at radius 3 is 2.75 bits per heavy atom. The molecule has 3 rings (SSSR count). The second-order valence-electron chi connectivity index (χ2n) is 5.12. The first-order chi connectivity index (χ1) is 9.74. The van der Waals surface area contributed by atoms with E-state index in [1.807, 2.05) is 6.92 Å². The first-order valence-corrected chi connectivity index (χ1v) is 8.80. The van der Waals surface area contributed by atoms with Crippen LogP contribution in [0.1, 0.15) is 28.5 Å². The van der Waals surface area contributed by atoms with Crippen molar-refractivity contribution in [3.8, 4) is 0 Å². The van der Waals surface area contributed by atoms with E-state index >= 15 is 0 Å². The third-order valence-electron chi connectivity index (χ3n) is 3.64. The van der Waals surface area contributed by atoms with Crippen molar-refractivity contribution >= 4 is 23.1 Å². The summed E-state index contributed by atoms with van der Waals surface area (Å²) in [7, 11) is 0. The maximum absolute atomic E-state index is 4.28. The van der Waals surface area contributed by atoms with Gasteiger partial charge in [-0.3, -0.25) is 4.90 Å². The van der Waals surface area contributed by atoms with Crippen LogP contribution in [0.2, 0.25) is 0 Å². The highest BCUT2D eigenvalue weighted by Crippen LogP contribution is 2.36. The smallest absolute Gasteiger partial charge is 0.131 e. The number of thioether (sulfide) groups is 1. The molecule has 1 aromatic carbocycles. The summed E-state index contributed by atoms with van der Waals surface area (Å²) in [5.74, 6) is 1.20. The minimum atomic E-state index is 0.471. The highest BCUT2D eigenvalue weighted by atomic mass is 32.2. The summed E-state index contributed by atoms with van der Waals surface area (Å²) in [6, 6.07) is 11.3. The van der Waals surface area contributed by atoms with Crippen molar-refractivity contribution < 1.29 is 0 Å². The van der Waals surface area contributed by atoms with E-state index in [0.717, 1.165) is 23.1 Å². The molecule has 1 aromatic heterocycles. The molecule has 20 heavy (non-hydrogen) atoms. The number of aryl methyl sites for hydroxylation is 1. The Hall–Kier alpha value is -0.910. The molecule has 0 N–H and O–H groups in total. The van der Waals surface area contributed by atoms with Gasteiger partial charge in [0.1, 0.15) is 10.0 Å². The predicted molar refractivity (Wildman–Crippen MR) is 86.2 cm³/mol. The molecule has 2 atom stereocenters. The number of hydrogen-bond acceptors (Lipinski definition) is 5. The van der Waals surface area contributed by atoms with E-state index < -0.39 is 0 Å². The Balaban J connectivity index is 1.83. The van der Waals surface area contributed by atoms with E-state index in [1.54, 1.807) is 11.3 Å². The van der Waals surface area contributed by atoms with Gasteiger partial charge in [-0.15, -0.1) is 21.5 Å². The van der Waals surface area contributed by atoms with Crippen LogP contribution in [0.15, 0.2) is 30.3 Å². The molecule has 1 aliphatic heterocycles. The number of hydrogen-bond donors (Lipinski definition) is 0. The number of nitrogens with zero attached hydrogens (tertiary/aromatic N) is 3. The van der Waals surface area contributed by atoms with Crippen LogP contribution in [0, 0.1) is 6.92 Å². The first-order valence-electron chi connectivity index (χ1n) is 6.93. The Morgan fingerprint density at radius 1 is 1.25 bits per heavy atom. The highest BCUT2D eigenvalue weighted by molar-refractivity contribution is 8.00. The maximum atomic E-state index is 4.28. The van der Waals surface area contributed by atoms with Crippen molar-refractivity contribution in [3.63, 3.8) is 0 Å². The zero-order chi connectivity index (χ0) is 13.9. The van der Waals surface area contributed by atoms with E-state index in [4.69, 9.17) is 0 Å². The third kappa shape index (κ3) is 3.05. The quantitative estimate of drug-likeness (QED) is 0.867. The number of benzene rings is 1. The van der Waals surface area contributed by atoms with Crippen LogP contribution in [0.5, 0.6) is 0 Å². The lowest BCUT2D eigenvalue weighted by atomic mass is 10.0. The predicted octanol–water partition coefficient (Wildman–Crippen LogP) is 3.53. The van der Waals surface area contributed by atoms with E-state index in [1.165, 1.54) is 11.3 Å². The SMILES string of the molecule is Cc1nnc(CN2CCS[C@H](C)[C@@H]2c2ccccc2)s1. The average Bonchev–Trinajstić information content (AvgIpc) is 2.85. The Morgan fingerprint density at radius 2 is 2.05 bits per heavy atom. The monoisotopic (exact) mass is 305 g/mol. The second kappa shape index (κ2) is 6.24. The van der Waals surface area contributed by atoms with Gasteiger partial charge in [-0.2, -0.15) is 11.8 Å². The van der Waals surface area contributed by atoms with Crippen molar-refractivity contribution in [3.05, 3.63) is 45.9 Å². The fourth-order valence-corrected chi connectivity index (χ4v) is 4.73. The first kappa shape index (κ1) is 14.0. The molecule has 1 aliphatic rings. The molecule has 0 bridgehead atoms. The Bertz CT molecular complexity index is 555. The number of rotatable bonds is 3. The van der Waals surface area contributed by atoms with Gasteiger partial charge in [-0.1, -0.05) is 37.3 Å². The molecule has 1 saturated heterocycles. The highest BCUT2D eigenvalue weighted by Gasteiger charge is 2.30.